The van der Waals surface area contributed by atoms with E-state index in [9.17, 15) is 0 Å². The highest BCUT2D eigenvalue weighted by molar-refractivity contribution is 5.68. The molecule has 0 radical (unpaired) electrons. The highest BCUT2D eigenvalue weighted by Crippen LogP contribution is 2.22. The largest absolute Gasteiger partial charge is 0.396 e. The van der Waals surface area contributed by atoms with Crippen molar-refractivity contribution in [2.24, 2.45) is 0 Å². The maximum atomic E-state index is 5.97. The topological polar surface area (TPSA) is 82.5 Å². The molecule has 0 bridgehead atoms. The van der Waals surface area contributed by atoms with Gasteiger partial charge < -0.3 is 5.73 Å². The van der Waals surface area contributed by atoms with Gasteiger partial charge in [0.2, 0.25) is 0 Å². The van der Waals surface area contributed by atoms with Gasteiger partial charge in [0.15, 0.2) is 5.82 Å². The summed E-state index contributed by atoms with van der Waals surface area (Å²) in [4.78, 5) is 12.5. The zero-order chi connectivity index (χ0) is 13.2. The Balaban J connectivity index is 2.07. The van der Waals surface area contributed by atoms with E-state index < -0.39 is 0 Å². The Morgan fingerprint density at radius 1 is 1.16 bits per heavy atom. The Morgan fingerprint density at radius 2 is 2.05 bits per heavy atom. The van der Waals surface area contributed by atoms with Gasteiger partial charge in [-0.15, -0.1) is 0 Å². The summed E-state index contributed by atoms with van der Waals surface area (Å²) < 4.78 is 1.65. The van der Waals surface area contributed by atoms with Crippen molar-refractivity contribution in [2.75, 3.05) is 5.73 Å². The molecule has 3 aromatic heterocycles. The van der Waals surface area contributed by atoms with Crippen LogP contribution in [0.3, 0.4) is 0 Å². The maximum absolute atomic E-state index is 5.97. The van der Waals surface area contributed by atoms with Crippen LogP contribution < -0.4 is 5.73 Å². The van der Waals surface area contributed by atoms with Crippen molar-refractivity contribution in [2.45, 2.75) is 6.92 Å². The van der Waals surface area contributed by atoms with Crippen LogP contribution in [0.1, 0.15) is 5.56 Å². The molecule has 0 aliphatic rings. The molecule has 0 atom stereocenters. The van der Waals surface area contributed by atoms with Gasteiger partial charge in [-0.1, -0.05) is 0 Å². The standard InChI is InChI=1S/C13H12N6/c1-9-2-3-17-12(6-9)19-8-10(14)13(18-19)11-7-15-4-5-16-11/h2-8H,14H2,1H3. The molecule has 3 heterocycles. The molecule has 6 nitrogen and oxygen atoms in total. The third-order valence-corrected chi connectivity index (χ3v) is 2.68. The molecule has 0 aromatic carbocycles. The van der Waals surface area contributed by atoms with Gasteiger partial charge in [-0.2, -0.15) is 5.10 Å². The summed E-state index contributed by atoms with van der Waals surface area (Å²) in [5.74, 6) is 0.724. The Bertz CT molecular complexity index is 704. The molecule has 0 aliphatic heterocycles. The number of aromatic nitrogens is 5. The zero-order valence-corrected chi connectivity index (χ0v) is 10.4. The van der Waals surface area contributed by atoms with Gasteiger partial charge in [-0.05, 0) is 24.6 Å². The summed E-state index contributed by atoms with van der Waals surface area (Å²) in [7, 11) is 0. The van der Waals surface area contributed by atoms with Crippen LogP contribution in [-0.2, 0) is 0 Å². The van der Waals surface area contributed by atoms with Crippen molar-refractivity contribution >= 4 is 5.69 Å². The monoisotopic (exact) mass is 252 g/mol. The Labute approximate surface area is 110 Å². The van der Waals surface area contributed by atoms with Crippen LogP contribution in [0.15, 0.2) is 43.1 Å². The van der Waals surface area contributed by atoms with E-state index in [0.717, 1.165) is 11.4 Å². The fourth-order valence-electron chi connectivity index (χ4n) is 1.77. The number of nitrogen functional groups attached to an aromatic ring is 1. The fraction of sp³-hybridized carbons (Fsp3) is 0.0769. The van der Waals surface area contributed by atoms with Gasteiger partial charge >= 0.3 is 0 Å². The van der Waals surface area contributed by atoms with Crippen LogP contribution in [0.25, 0.3) is 17.2 Å². The summed E-state index contributed by atoms with van der Waals surface area (Å²) in [6, 6.07) is 3.87. The molecular formula is C13H12N6. The molecule has 0 spiro atoms. The van der Waals surface area contributed by atoms with E-state index in [2.05, 4.69) is 20.1 Å². The molecule has 0 saturated heterocycles. The second-order valence-electron chi connectivity index (χ2n) is 4.16. The summed E-state index contributed by atoms with van der Waals surface area (Å²) in [6.07, 6.45) is 8.32. The van der Waals surface area contributed by atoms with E-state index in [1.54, 1.807) is 35.7 Å². The molecular weight excluding hydrogens is 240 g/mol. The number of nitrogens with zero attached hydrogens (tertiary/aromatic N) is 5. The molecule has 0 saturated carbocycles. The zero-order valence-electron chi connectivity index (χ0n) is 10.4. The SMILES string of the molecule is Cc1ccnc(-n2cc(N)c(-c3cnccn3)n2)c1. The minimum atomic E-state index is 0.545. The average molecular weight is 252 g/mol. The lowest BCUT2D eigenvalue weighted by Crippen LogP contribution is -1.98. The van der Waals surface area contributed by atoms with E-state index in [1.807, 2.05) is 19.1 Å². The van der Waals surface area contributed by atoms with Crippen LogP contribution in [0.2, 0.25) is 0 Å². The maximum Gasteiger partial charge on any atom is 0.153 e. The summed E-state index contributed by atoms with van der Waals surface area (Å²) >= 11 is 0. The number of hydrogen-bond donors (Lipinski definition) is 1. The molecule has 3 rings (SSSR count). The fourth-order valence-corrected chi connectivity index (χ4v) is 1.77. The van der Waals surface area contributed by atoms with E-state index in [4.69, 9.17) is 5.73 Å². The first kappa shape index (κ1) is 11.3. The first-order valence-electron chi connectivity index (χ1n) is 5.78. The number of nitrogens with two attached hydrogens (primary N) is 1. The molecule has 0 unspecified atom stereocenters. The molecule has 19 heavy (non-hydrogen) atoms. The molecule has 0 aliphatic carbocycles. The van der Waals surface area contributed by atoms with Crippen molar-refractivity contribution in [3.05, 3.63) is 48.7 Å². The smallest absolute Gasteiger partial charge is 0.153 e. The van der Waals surface area contributed by atoms with E-state index >= 15 is 0 Å². The van der Waals surface area contributed by atoms with E-state index in [-0.39, 0.29) is 0 Å². The van der Waals surface area contributed by atoms with E-state index in [1.165, 1.54) is 0 Å². The molecule has 0 fully saturated rings. The van der Waals surface area contributed by atoms with Crippen LogP contribution >= 0.6 is 0 Å². The van der Waals surface area contributed by atoms with Gasteiger partial charge in [-0.3, -0.25) is 9.97 Å². The lowest BCUT2D eigenvalue weighted by molar-refractivity contribution is 0.846. The first-order valence-corrected chi connectivity index (χ1v) is 5.78. The lowest BCUT2D eigenvalue weighted by atomic mass is 10.3. The number of pyridine rings is 1. The molecule has 3 aromatic rings. The van der Waals surface area contributed by atoms with Crippen molar-refractivity contribution < 1.29 is 0 Å². The highest BCUT2D eigenvalue weighted by Gasteiger charge is 2.11. The van der Waals surface area contributed by atoms with E-state index in [0.29, 0.717) is 17.1 Å². The third-order valence-electron chi connectivity index (χ3n) is 2.68. The molecule has 2 N–H and O–H groups in total. The quantitative estimate of drug-likeness (QED) is 0.749. The van der Waals surface area contributed by atoms with Crippen LogP contribution in [0.5, 0.6) is 0 Å². The summed E-state index contributed by atoms with van der Waals surface area (Å²) in [5.41, 5.74) is 8.88. The minimum Gasteiger partial charge on any atom is -0.396 e. The van der Waals surface area contributed by atoms with Crippen molar-refractivity contribution in [1.29, 1.82) is 0 Å². The predicted octanol–water partition coefficient (Wildman–Crippen LogP) is 1.61. The van der Waals surface area contributed by atoms with Gasteiger partial charge in [-0.25, -0.2) is 9.67 Å². The number of anilines is 1. The second-order valence-corrected chi connectivity index (χ2v) is 4.16. The van der Waals surface area contributed by atoms with Crippen molar-refractivity contribution in [3.63, 3.8) is 0 Å². The Morgan fingerprint density at radius 3 is 2.79 bits per heavy atom. The molecule has 0 amide bonds. The number of hydrogen-bond acceptors (Lipinski definition) is 5. The third kappa shape index (κ3) is 2.15. The average Bonchev–Trinajstić information content (AvgIpc) is 2.82. The van der Waals surface area contributed by atoms with Crippen molar-refractivity contribution in [1.82, 2.24) is 24.7 Å². The van der Waals surface area contributed by atoms with Crippen molar-refractivity contribution in [3.8, 4) is 17.2 Å². The van der Waals surface area contributed by atoms with Gasteiger partial charge in [0.25, 0.3) is 0 Å². The van der Waals surface area contributed by atoms with Crippen LogP contribution in [-0.4, -0.2) is 24.7 Å². The highest BCUT2D eigenvalue weighted by atomic mass is 15.3. The normalized spacial score (nSPS) is 10.6. The van der Waals surface area contributed by atoms with Crippen LogP contribution in [0.4, 0.5) is 5.69 Å². The molecule has 6 heteroatoms. The number of rotatable bonds is 2. The Kier molecular flexibility index (Phi) is 2.68. The summed E-state index contributed by atoms with van der Waals surface area (Å²) in [5, 5.41) is 4.42. The predicted molar refractivity (Wildman–Crippen MR) is 71.5 cm³/mol. The Hall–Kier alpha value is -2.76. The van der Waals surface area contributed by atoms with Gasteiger partial charge in [0, 0.05) is 18.6 Å². The minimum absolute atomic E-state index is 0.545. The first-order chi connectivity index (χ1) is 9.24. The summed E-state index contributed by atoms with van der Waals surface area (Å²) in [6.45, 7) is 2.00. The molecule has 94 valence electrons. The van der Waals surface area contributed by atoms with Gasteiger partial charge in [0.05, 0.1) is 18.1 Å². The second kappa shape index (κ2) is 4.49. The van der Waals surface area contributed by atoms with Gasteiger partial charge in [0.1, 0.15) is 11.4 Å². The lowest BCUT2D eigenvalue weighted by Gasteiger charge is -2.00. The van der Waals surface area contributed by atoms with Crippen LogP contribution in [0, 0.1) is 6.92 Å². The number of aryl methyl sites for hydroxylation is 1.